The van der Waals surface area contributed by atoms with E-state index in [0.717, 1.165) is 31.2 Å². The van der Waals surface area contributed by atoms with Crippen molar-refractivity contribution in [3.05, 3.63) is 39.4 Å². The van der Waals surface area contributed by atoms with Gasteiger partial charge in [0.2, 0.25) is 0 Å². The SMILES string of the molecule is O=[N+]([O-])c1cccc(C=NO)c1C1CCCCC1. The van der Waals surface area contributed by atoms with Gasteiger partial charge in [-0.05, 0) is 18.8 Å². The molecule has 1 fully saturated rings. The highest BCUT2D eigenvalue weighted by Gasteiger charge is 2.26. The highest BCUT2D eigenvalue weighted by Crippen LogP contribution is 2.38. The second-order valence-electron chi connectivity index (χ2n) is 4.62. The summed E-state index contributed by atoms with van der Waals surface area (Å²) < 4.78 is 0. The zero-order valence-electron chi connectivity index (χ0n) is 10.1. The summed E-state index contributed by atoms with van der Waals surface area (Å²) in [5, 5.41) is 22.8. The minimum absolute atomic E-state index is 0.138. The van der Waals surface area contributed by atoms with E-state index in [0.29, 0.717) is 5.56 Å². The van der Waals surface area contributed by atoms with Gasteiger partial charge in [0.15, 0.2) is 0 Å². The van der Waals surface area contributed by atoms with E-state index >= 15 is 0 Å². The van der Waals surface area contributed by atoms with Gasteiger partial charge in [-0.1, -0.05) is 36.6 Å². The van der Waals surface area contributed by atoms with Gasteiger partial charge >= 0.3 is 0 Å². The first kappa shape index (κ1) is 12.5. The first-order valence-corrected chi connectivity index (χ1v) is 6.18. The van der Waals surface area contributed by atoms with Crippen LogP contribution in [0.3, 0.4) is 0 Å². The average molecular weight is 248 g/mol. The Bertz CT molecular complexity index is 465. The summed E-state index contributed by atoms with van der Waals surface area (Å²) >= 11 is 0. The molecule has 18 heavy (non-hydrogen) atoms. The average Bonchev–Trinajstić information content (AvgIpc) is 2.40. The van der Waals surface area contributed by atoms with Gasteiger partial charge in [-0.2, -0.15) is 0 Å². The number of hydrogen-bond acceptors (Lipinski definition) is 4. The van der Waals surface area contributed by atoms with E-state index in [4.69, 9.17) is 5.21 Å². The number of oxime groups is 1. The molecule has 5 nitrogen and oxygen atoms in total. The summed E-state index contributed by atoms with van der Waals surface area (Å²) in [4.78, 5) is 10.8. The molecule has 0 radical (unpaired) electrons. The third kappa shape index (κ3) is 2.50. The molecule has 1 aliphatic carbocycles. The van der Waals surface area contributed by atoms with Crippen LogP contribution in [-0.2, 0) is 0 Å². The molecule has 0 unspecified atom stereocenters. The molecule has 1 N–H and O–H groups in total. The maximum atomic E-state index is 11.1. The van der Waals surface area contributed by atoms with E-state index in [1.807, 2.05) is 0 Å². The van der Waals surface area contributed by atoms with Crippen molar-refractivity contribution < 1.29 is 10.1 Å². The van der Waals surface area contributed by atoms with Crippen LogP contribution in [0.5, 0.6) is 0 Å². The predicted octanol–water partition coefficient (Wildman–Crippen LogP) is 3.45. The van der Waals surface area contributed by atoms with Crippen molar-refractivity contribution in [2.45, 2.75) is 38.0 Å². The molecule has 0 spiro atoms. The van der Waals surface area contributed by atoms with Crippen LogP contribution in [0.2, 0.25) is 0 Å². The van der Waals surface area contributed by atoms with Gasteiger partial charge in [0.05, 0.1) is 11.1 Å². The smallest absolute Gasteiger partial charge is 0.273 e. The lowest BCUT2D eigenvalue weighted by molar-refractivity contribution is -0.385. The molecule has 0 heterocycles. The Morgan fingerprint density at radius 3 is 2.67 bits per heavy atom. The number of hydrogen-bond donors (Lipinski definition) is 1. The summed E-state index contributed by atoms with van der Waals surface area (Å²) in [6, 6.07) is 4.91. The Balaban J connectivity index is 2.48. The van der Waals surface area contributed by atoms with Crippen molar-refractivity contribution in [2.24, 2.45) is 5.16 Å². The van der Waals surface area contributed by atoms with Crippen LogP contribution in [0.15, 0.2) is 23.4 Å². The van der Waals surface area contributed by atoms with Crippen LogP contribution in [0, 0.1) is 10.1 Å². The highest BCUT2D eigenvalue weighted by molar-refractivity contribution is 5.83. The Kier molecular flexibility index (Phi) is 3.92. The standard InChI is InChI=1S/C13H16N2O3/c16-14-9-11-7-4-8-12(15(17)18)13(11)10-5-2-1-3-6-10/h4,7-10,16H,1-3,5-6H2. The maximum absolute atomic E-state index is 11.1. The monoisotopic (exact) mass is 248 g/mol. The lowest BCUT2D eigenvalue weighted by Gasteiger charge is -2.23. The lowest BCUT2D eigenvalue weighted by Crippen LogP contribution is -2.10. The molecule has 0 aliphatic heterocycles. The summed E-state index contributed by atoms with van der Waals surface area (Å²) in [6.45, 7) is 0. The second kappa shape index (κ2) is 5.62. The minimum atomic E-state index is -0.349. The Labute approximate surface area is 105 Å². The fraction of sp³-hybridized carbons (Fsp3) is 0.462. The second-order valence-corrected chi connectivity index (χ2v) is 4.62. The molecular weight excluding hydrogens is 232 g/mol. The first-order valence-electron chi connectivity index (χ1n) is 6.18. The van der Waals surface area contributed by atoms with Crippen molar-refractivity contribution in [3.63, 3.8) is 0 Å². The minimum Gasteiger partial charge on any atom is -0.411 e. The number of nitro benzene ring substituents is 1. The fourth-order valence-electron chi connectivity index (χ4n) is 2.74. The molecule has 1 saturated carbocycles. The zero-order valence-corrected chi connectivity index (χ0v) is 10.1. The van der Waals surface area contributed by atoms with Gasteiger partial charge in [-0.3, -0.25) is 10.1 Å². The molecule has 1 aromatic rings. The van der Waals surface area contributed by atoms with Crippen LogP contribution >= 0.6 is 0 Å². The molecule has 0 amide bonds. The molecule has 0 bridgehead atoms. The van der Waals surface area contributed by atoms with E-state index in [-0.39, 0.29) is 16.5 Å². The largest absolute Gasteiger partial charge is 0.411 e. The van der Waals surface area contributed by atoms with Gasteiger partial charge in [0.25, 0.3) is 5.69 Å². The summed E-state index contributed by atoms with van der Waals surface area (Å²) in [5.41, 5.74) is 1.51. The highest BCUT2D eigenvalue weighted by atomic mass is 16.6. The van der Waals surface area contributed by atoms with Gasteiger partial charge in [-0.15, -0.1) is 0 Å². The molecule has 0 atom stereocenters. The van der Waals surface area contributed by atoms with Crippen LogP contribution in [0.1, 0.15) is 49.1 Å². The first-order chi connectivity index (χ1) is 8.74. The lowest BCUT2D eigenvalue weighted by atomic mass is 9.81. The van der Waals surface area contributed by atoms with Crippen LogP contribution in [-0.4, -0.2) is 16.3 Å². The number of nitro groups is 1. The van der Waals surface area contributed by atoms with Gasteiger partial charge < -0.3 is 5.21 Å². The van der Waals surface area contributed by atoms with Gasteiger partial charge in [-0.25, -0.2) is 0 Å². The summed E-state index contributed by atoms with van der Waals surface area (Å²) in [7, 11) is 0. The Morgan fingerprint density at radius 1 is 1.33 bits per heavy atom. The van der Waals surface area contributed by atoms with Gasteiger partial charge in [0.1, 0.15) is 0 Å². The van der Waals surface area contributed by atoms with E-state index in [1.165, 1.54) is 18.7 Å². The molecular formula is C13H16N2O3. The van der Waals surface area contributed by atoms with Crippen LogP contribution < -0.4 is 0 Å². The van der Waals surface area contributed by atoms with Crippen molar-refractivity contribution >= 4 is 11.9 Å². The number of benzene rings is 1. The Morgan fingerprint density at radius 2 is 2.06 bits per heavy atom. The third-order valence-corrected chi connectivity index (χ3v) is 3.52. The molecule has 1 aromatic carbocycles. The molecule has 0 aromatic heterocycles. The van der Waals surface area contributed by atoms with Gasteiger partial charge in [0, 0.05) is 17.2 Å². The zero-order chi connectivity index (χ0) is 13.0. The number of nitrogens with zero attached hydrogens (tertiary/aromatic N) is 2. The van der Waals surface area contributed by atoms with Crippen LogP contribution in [0.4, 0.5) is 5.69 Å². The van der Waals surface area contributed by atoms with E-state index in [1.54, 1.807) is 12.1 Å². The van der Waals surface area contributed by atoms with Crippen molar-refractivity contribution in [3.8, 4) is 0 Å². The summed E-state index contributed by atoms with van der Waals surface area (Å²) in [6.07, 6.45) is 6.63. The Hall–Kier alpha value is -1.91. The quantitative estimate of drug-likeness (QED) is 0.385. The van der Waals surface area contributed by atoms with Crippen molar-refractivity contribution in [1.29, 1.82) is 0 Å². The molecule has 0 saturated heterocycles. The normalized spacial score (nSPS) is 17.1. The van der Waals surface area contributed by atoms with E-state index in [2.05, 4.69) is 5.16 Å². The third-order valence-electron chi connectivity index (χ3n) is 3.52. The van der Waals surface area contributed by atoms with E-state index in [9.17, 15) is 10.1 Å². The van der Waals surface area contributed by atoms with Crippen LogP contribution in [0.25, 0.3) is 0 Å². The summed E-state index contributed by atoms with van der Waals surface area (Å²) in [5.74, 6) is 0.202. The predicted molar refractivity (Wildman–Crippen MR) is 68.3 cm³/mol. The maximum Gasteiger partial charge on any atom is 0.273 e. The fourth-order valence-corrected chi connectivity index (χ4v) is 2.74. The molecule has 1 aliphatic rings. The number of rotatable bonds is 3. The van der Waals surface area contributed by atoms with Crippen molar-refractivity contribution in [1.82, 2.24) is 0 Å². The van der Waals surface area contributed by atoms with Crippen molar-refractivity contribution in [2.75, 3.05) is 0 Å². The topological polar surface area (TPSA) is 75.7 Å². The molecule has 5 heteroatoms. The molecule has 2 rings (SSSR count). The molecule has 96 valence electrons. The van der Waals surface area contributed by atoms with E-state index < -0.39 is 0 Å².